The molecule has 0 aliphatic rings. The second-order valence-electron chi connectivity index (χ2n) is 4.54. The van der Waals surface area contributed by atoms with Crippen molar-refractivity contribution < 1.29 is 19.1 Å². The fourth-order valence-corrected chi connectivity index (χ4v) is 1.29. The van der Waals surface area contributed by atoms with Crippen LogP contribution in [0.2, 0.25) is 0 Å². The van der Waals surface area contributed by atoms with Gasteiger partial charge in [-0.05, 0) is 19.1 Å². The van der Waals surface area contributed by atoms with Crippen molar-refractivity contribution in [1.29, 1.82) is 0 Å². The van der Waals surface area contributed by atoms with Crippen LogP contribution in [-0.2, 0) is 4.74 Å². The molecule has 0 aromatic heterocycles. The summed E-state index contributed by atoms with van der Waals surface area (Å²) in [4.78, 5) is 24.5. The molecule has 7 heteroatoms. The van der Waals surface area contributed by atoms with E-state index >= 15 is 0 Å². The van der Waals surface area contributed by atoms with E-state index in [0.717, 1.165) is 0 Å². The molecule has 3 amide bonds. The van der Waals surface area contributed by atoms with Gasteiger partial charge in [0, 0.05) is 25.8 Å². The first-order valence-corrected chi connectivity index (χ1v) is 6.54. The Labute approximate surface area is 129 Å². The highest BCUT2D eigenvalue weighted by atomic mass is 16.6. The number of hydrogen-bond donors (Lipinski definition) is 2. The number of hydrogen-bond acceptors (Lipinski definition) is 4. The van der Waals surface area contributed by atoms with Gasteiger partial charge in [-0.25, -0.2) is 9.59 Å². The van der Waals surface area contributed by atoms with Crippen molar-refractivity contribution in [3.05, 3.63) is 24.3 Å². The average Bonchev–Trinajstić information content (AvgIpc) is 2.47. The molecule has 22 heavy (non-hydrogen) atoms. The van der Waals surface area contributed by atoms with Crippen molar-refractivity contribution >= 4 is 17.8 Å². The Morgan fingerprint density at radius 3 is 2.77 bits per heavy atom. The molecule has 118 valence electrons. The maximum Gasteiger partial charge on any atom is 0.414 e. The molecule has 1 aromatic rings. The van der Waals surface area contributed by atoms with Gasteiger partial charge in [0.1, 0.15) is 18.6 Å². The number of nitrogens with one attached hydrogen (secondary N) is 2. The summed E-state index contributed by atoms with van der Waals surface area (Å²) in [7, 11) is 3.25. The van der Waals surface area contributed by atoms with Gasteiger partial charge in [-0.3, -0.25) is 5.32 Å². The third kappa shape index (κ3) is 6.15. The van der Waals surface area contributed by atoms with Crippen LogP contribution in [0.4, 0.5) is 15.3 Å². The first kappa shape index (κ1) is 17.3. The fraction of sp³-hybridized carbons (Fsp3) is 0.333. The Morgan fingerprint density at radius 2 is 2.14 bits per heavy atom. The van der Waals surface area contributed by atoms with Gasteiger partial charge in [-0.15, -0.1) is 6.42 Å². The van der Waals surface area contributed by atoms with Crippen LogP contribution in [0.3, 0.4) is 0 Å². The smallest absolute Gasteiger partial charge is 0.410 e. The maximum atomic E-state index is 11.6. The normalized spacial score (nSPS) is 11.0. The van der Waals surface area contributed by atoms with Crippen LogP contribution in [0, 0.1) is 12.3 Å². The number of rotatable bonds is 5. The third-order valence-corrected chi connectivity index (χ3v) is 2.49. The van der Waals surface area contributed by atoms with Crippen LogP contribution < -0.4 is 15.4 Å². The van der Waals surface area contributed by atoms with E-state index in [9.17, 15) is 9.59 Å². The molecule has 0 radical (unpaired) electrons. The Morgan fingerprint density at radius 1 is 1.41 bits per heavy atom. The molecule has 1 rings (SSSR count). The summed E-state index contributed by atoms with van der Waals surface area (Å²) in [6.07, 6.45) is 4.05. The molecule has 1 unspecified atom stereocenters. The second-order valence-corrected chi connectivity index (χ2v) is 4.54. The van der Waals surface area contributed by atoms with Gasteiger partial charge < -0.3 is 19.7 Å². The summed E-state index contributed by atoms with van der Waals surface area (Å²) in [5.74, 6) is 2.66. The lowest BCUT2D eigenvalue weighted by atomic mass is 10.3. The summed E-state index contributed by atoms with van der Waals surface area (Å²) in [6, 6.07) is 6.19. The summed E-state index contributed by atoms with van der Waals surface area (Å²) < 4.78 is 10.2. The Kier molecular flexibility index (Phi) is 6.73. The molecule has 0 saturated carbocycles. The number of nitrogens with zero attached hydrogens (tertiary/aromatic N) is 1. The van der Waals surface area contributed by atoms with Gasteiger partial charge in [-0.2, -0.15) is 0 Å². The molecule has 0 heterocycles. The lowest BCUT2D eigenvalue weighted by Crippen LogP contribution is -2.30. The molecule has 1 aromatic carbocycles. The van der Waals surface area contributed by atoms with Gasteiger partial charge in [-0.1, -0.05) is 12.0 Å². The predicted molar refractivity (Wildman–Crippen MR) is 82.6 cm³/mol. The van der Waals surface area contributed by atoms with E-state index in [1.165, 1.54) is 11.0 Å². The standard InChI is InChI=1S/C15H19N3O4/c1-5-11(2)21-10-16-15(20)22-13-8-6-7-12(9-13)17-14(19)18(3)4/h1,6-9,11H,10H2,2-4H3,(H,16,20)(H,17,19). The van der Waals surface area contributed by atoms with Crippen LogP contribution in [0.15, 0.2) is 24.3 Å². The highest BCUT2D eigenvalue weighted by Crippen LogP contribution is 2.17. The van der Waals surface area contributed by atoms with Crippen molar-refractivity contribution in [3.8, 4) is 18.1 Å². The van der Waals surface area contributed by atoms with Crippen LogP contribution in [-0.4, -0.2) is 44.0 Å². The second kappa shape index (κ2) is 8.54. The van der Waals surface area contributed by atoms with Crippen molar-refractivity contribution in [1.82, 2.24) is 10.2 Å². The minimum Gasteiger partial charge on any atom is -0.410 e. The highest BCUT2D eigenvalue weighted by molar-refractivity contribution is 5.89. The molecular formula is C15H19N3O4. The van der Waals surface area contributed by atoms with E-state index in [-0.39, 0.29) is 12.8 Å². The predicted octanol–water partition coefficient (Wildman–Crippen LogP) is 1.86. The number of terminal acetylenes is 1. The first-order chi connectivity index (χ1) is 10.4. The van der Waals surface area contributed by atoms with E-state index in [4.69, 9.17) is 15.9 Å². The summed E-state index contributed by atoms with van der Waals surface area (Å²) in [5.41, 5.74) is 0.515. The Bertz CT molecular complexity index is 566. The zero-order chi connectivity index (χ0) is 16.5. The zero-order valence-corrected chi connectivity index (χ0v) is 12.8. The Balaban J connectivity index is 2.50. The van der Waals surface area contributed by atoms with E-state index < -0.39 is 12.2 Å². The molecule has 0 aliphatic carbocycles. The highest BCUT2D eigenvalue weighted by Gasteiger charge is 2.07. The van der Waals surface area contributed by atoms with Crippen molar-refractivity contribution in [3.63, 3.8) is 0 Å². The quantitative estimate of drug-likeness (QED) is 0.643. The maximum absolute atomic E-state index is 11.6. The largest absolute Gasteiger partial charge is 0.414 e. The topological polar surface area (TPSA) is 79.9 Å². The SMILES string of the molecule is C#CC(C)OCNC(=O)Oc1cccc(NC(=O)N(C)C)c1. The number of benzene rings is 1. The van der Waals surface area contributed by atoms with Crippen LogP contribution in [0.25, 0.3) is 0 Å². The third-order valence-electron chi connectivity index (χ3n) is 2.49. The van der Waals surface area contributed by atoms with Crippen LogP contribution >= 0.6 is 0 Å². The van der Waals surface area contributed by atoms with Crippen molar-refractivity contribution in [2.75, 3.05) is 26.1 Å². The molecular weight excluding hydrogens is 286 g/mol. The van der Waals surface area contributed by atoms with Crippen molar-refractivity contribution in [2.24, 2.45) is 0 Å². The number of urea groups is 1. The van der Waals surface area contributed by atoms with E-state index in [0.29, 0.717) is 11.4 Å². The van der Waals surface area contributed by atoms with Gasteiger partial charge in [0.2, 0.25) is 0 Å². The minimum atomic E-state index is -0.680. The van der Waals surface area contributed by atoms with E-state index in [1.807, 2.05) is 0 Å². The summed E-state index contributed by atoms with van der Waals surface area (Å²) in [5, 5.41) is 5.05. The number of ether oxygens (including phenoxy) is 2. The lowest BCUT2D eigenvalue weighted by Gasteiger charge is -2.13. The van der Waals surface area contributed by atoms with Gasteiger partial charge >= 0.3 is 12.1 Å². The number of carbonyl (C=O) groups excluding carboxylic acids is 2. The molecule has 0 aliphatic heterocycles. The molecule has 0 spiro atoms. The van der Waals surface area contributed by atoms with Crippen LogP contribution in [0.1, 0.15) is 6.92 Å². The lowest BCUT2D eigenvalue weighted by molar-refractivity contribution is 0.0864. The van der Waals surface area contributed by atoms with E-state index in [2.05, 4.69) is 16.6 Å². The Hall–Kier alpha value is -2.72. The molecule has 7 nitrogen and oxygen atoms in total. The first-order valence-electron chi connectivity index (χ1n) is 6.54. The van der Waals surface area contributed by atoms with Gasteiger partial charge in [0.15, 0.2) is 0 Å². The molecule has 0 fully saturated rings. The number of anilines is 1. The van der Waals surface area contributed by atoms with Gasteiger partial charge in [0.25, 0.3) is 0 Å². The molecule has 1 atom stereocenters. The zero-order valence-electron chi connectivity index (χ0n) is 12.8. The monoisotopic (exact) mass is 305 g/mol. The number of amides is 3. The summed E-state index contributed by atoms with van der Waals surface area (Å²) in [6.45, 7) is 1.63. The minimum absolute atomic E-state index is 0.0543. The number of carbonyl (C=O) groups is 2. The van der Waals surface area contributed by atoms with Crippen molar-refractivity contribution in [2.45, 2.75) is 13.0 Å². The van der Waals surface area contributed by atoms with Crippen LogP contribution in [0.5, 0.6) is 5.75 Å². The average molecular weight is 305 g/mol. The molecule has 2 N–H and O–H groups in total. The molecule has 0 saturated heterocycles. The fourth-order valence-electron chi connectivity index (χ4n) is 1.29. The van der Waals surface area contributed by atoms with Gasteiger partial charge in [0.05, 0.1) is 0 Å². The molecule has 0 bridgehead atoms. The van der Waals surface area contributed by atoms with E-state index in [1.54, 1.807) is 39.2 Å². The summed E-state index contributed by atoms with van der Waals surface area (Å²) >= 11 is 0.